The molecule has 184 valence electrons. The Bertz CT molecular complexity index is 1330. The number of nitrogens with one attached hydrogen (secondary N) is 2. The van der Waals surface area contributed by atoms with Crippen molar-refractivity contribution in [1.29, 1.82) is 0 Å². The van der Waals surface area contributed by atoms with Crippen LogP contribution in [0, 0.1) is 5.82 Å². The second-order valence-corrected chi connectivity index (χ2v) is 10.2. The largest absolute Gasteiger partial charge is 0.497 e. The molecule has 0 saturated carbocycles. The van der Waals surface area contributed by atoms with E-state index in [0.717, 1.165) is 22.7 Å². The smallest absolute Gasteiger partial charge is 0.239 e. The predicted octanol–water partition coefficient (Wildman–Crippen LogP) is 4.57. The highest BCUT2D eigenvalue weighted by Gasteiger charge is 2.23. The Balaban J connectivity index is 1.52. The number of methoxy groups -OCH3 is 1. The first-order valence-corrected chi connectivity index (χ1v) is 12.0. The second-order valence-electron chi connectivity index (χ2n) is 9.25. The number of nitrogens with zero attached hydrogens (tertiary/aromatic N) is 4. The number of aromatic nitrogens is 3. The van der Waals surface area contributed by atoms with Crippen molar-refractivity contribution in [2.75, 3.05) is 30.9 Å². The molecule has 2 aromatic carbocycles. The Hall–Kier alpha value is -3.66. The normalized spacial score (nSPS) is 11.5. The first-order chi connectivity index (χ1) is 16.6. The Kier molecular flexibility index (Phi) is 6.93. The molecule has 0 radical (unpaired) electrons. The number of amides is 1. The van der Waals surface area contributed by atoms with E-state index in [4.69, 9.17) is 14.8 Å². The SMILES string of the molecule is COc1cccc(CNC(=O)CN(C)c2nn3c(NC(C)(C)C)c(-c4ccc(F)cc4)nc3s2)c1. The number of hydrogen-bond acceptors (Lipinski definition) is 7. The molecule has 2 N–H and O–H groups in total. The number of fused-ring (bicyclic) bond motifs is 1. The van der Waals surface area contributed by atoms with E-state index in [1.807, 2.05) is 52.1 Å². The van der Waals surface area contributed by atoms with Gasteiger partial charge in [0.05, 0.1) is 13.7 Å². The zero-order valence-electron chi connectivity index (χ0n) is 20.4. The van der Waals surface area contributed by atoms with Gasteiger partial charge in [-0.05, 0) is 62.7 Å². The summed E-state index contributed by atoms with van der Waals surface area (Å²) >= 11 is 1.38. The molecule has 0 aliphatic heterocycles. The summed E-state index contributed by atoms with van der Waals surface area (Å²) in [5, 5.41) is 11.8. The lowest BCUT2D eigenvalue weighted by molar-refractivity contribution is -0.119. The van der Waals surface area contributed by atoms with Crippen LogP contribution < -0.4 is 20.3 Å². The quantitative estimate of drug-likeness (QED) is 0.372. The van der Waals surface area contributed by atoms with Gasteiger partial charge in [-0.1, -0.05) is 23.5 Å². The van der Waals surface area contributed by atoms with E-state index in [2.05, 4.69) is 10.6 Å². The average molecular weight is 497 g/mol. The van der Waals surface area contributed by atoms with Gasteiger partial charge in [0.25, 0.3) is 0 Å². The summed E-state index contributed by atoms with van der Waals surface area (Å²) in [7, 11) is 3.43. The third kappa shape index (κ3) is 5.89. The van der Waals surface area contributed by atoms with Crippen molar-refractivity contribution in [3.63, 3.8) is 0 Å². The fraction of sp³-hybridized carbons (Fsp3) is 0.320. The molecule has 4 rings (SSSR count). The van der Waals surface area contributed by atoms with Crippen LogP contribution in [0.25, 0.3) is 16.2 Å². The number of anilines is 2. The fourth-order valence-corrected chi connectivity index (χ4v) is 4.35. The second kappa shape index (κ2) is 9.91. The number of likely N-dealkylation sites (N-methyl/N-ethyl adjacent to an activating group) is 1. The lowest BCUT2D eigenvalue weighted by atomic mass is 10.1. The Labute approximate surface area is 207 Å². The van der Waals surface area contributed by atoms with E-state index < -0.39 is 0 Å². The van der Waals surface area contributed by atoms with Gasteiger partial charge in [0, 0.05) is 24.7 Å². The molecular formula is C25H29FN6O2S. The minimum atomic E-state index is -0.299. The van der Waals surface area contributed by atoms with E-state index in [1.54, 1.807) is 28.7 Å². The van der Waals surface area contributed by atoms with Crippen molar-refractivity contribution >= 4 is 33.2 Å². The molecule has 0 bridgehead atoms. The van der Waals surface area contributed by atoms with Crippen LogP contribution in [0.4, 0.5) is 15.3 Å². The summed E-state index contributed by atoms with van der Waals surface area (Å²) < 4.78 is 20.4. The molecule has 0 saturated heterocycles. The van der Waals surface area contributed by atoms with E-state index in [-0.39, 0.29) is 23.8 Å². The van der Waals surface area contributed by atoms with Gasteiger partial charge in [-0.3, -0.25) is 4.79 Å². The molecule has 0 aliphatic rings. The first kappa shape index (κ1) is 24.5. The fourth-order valence-electron chi connectivity index (χ4n) is 3.49. The first-order valence-electron chi connectivity index (χ1n) is 11.2. The molecule has 4 aromatic rings. The zero-order valence-corrected chi connectivity index (χ0v) is 21.2. The maximum Gasteiger partial charge on any atom is 0.239 e. The van der Waals surface area contributed by atoms with Crippen LogP contribution in [0.3, 0.4) is 0 Å². The molecule has 0 fully saturated rings. The lowest BCUT2D eigenvalue weighted by Gasteiger charge is -2.22. The van der Waals surface area contributed by atoms with Crippen LogP contribution in [0.1, 0.15) is 26.3 Å². The minimum Gasteiger partial charge on any atom is -0.497 e. The molecule has 0 unspecified atom stereocenters. The number of ether oxygens (including phenoxy) is 1. The number of carbonyl (C=O) groups excluding carboxylic acids is 1. The summed E-state index contributed by atoms with van der Waals surface area (Å²) in [5.74, 6) is 1.05. The summed E-state index contributed by atoms with van der Waals surface area (Å²) in [6.07, 6.45) is 0. The van der Waals surface area contributed by atoms with Crippen LogP contribution in [0.5, 0.6) is 5.75 Å². The van der Waals surface area contributed by atoms with Crippen molar-refractivity contribution < 1.29 is 13.9 Å². The molecule has 2 heterocycles. The van der Waals surface area contributed by atoms with Crippen molar-refractivity contribution in [1.82, 2.24) is 19.9 Å². The number of hydrogen-bond donors (Lipinski definition) is 2. The van der Waals surface area contributed by atoms with Crippen LogP contribution in [-0.4, -0.2) is 46.7 Å². The molecule has 0 aliphatic carbocycles. The van der Waals surface area contributed by atoms with Crippen LogP contribution in [0.2, 0.25) is 0 Å². The highest BCUT2D eigenvalue weighted by Crippen LogP contribution is 2.34. The van der Waals surface area contributed by atoms with Crippen LogP contribution >= 0.6 is 11.3 Å². The van der Waals surface area contributed by atoms with Gasteiger partial charge in [-0.25, -0.2) is 9.37 Å². The topological polar surface area (TPSA) is 83.8 Å². The average Bonchev–Trinajstić information content (AvgIpc) is 3.37. The van der Waals surface area contributed by atoms with Gasteiger partial charge in [0.15, 0.2) is 5.82 Å². The number of rotatable bonds is 8. The summed E-state index contributed by atoms with van der Waals surface area (Å²) in [5.41, 5.74) is 2.20. The maximum atomic E-state index is 13.5. The molecule has 0 spiro atoms. The minimum absolute atomic E-state index is 0.122. The number of carbonyl (C=O) groups is 1. The molecular weight excluding hydrogens is 467 g/mol. The van der Waals surface area contributed by atoms with E-state index in [9.17, 15) is 9.18 Å². The van der Waals surface area contributed by atoms with E-state index in [0.29, 0.717) is 22.3 Å². The van der Waals surface area contributed by atoms with Gasteiger partial charge < -0.3 is 20.3 Å². The number of benzene rings is 2. The van der Waals surface area contributed by atoms with E-state index in [1.165, 1.54) is 23.5 Å². The molecule has 0 atom stereocenters. The van der Waals surface area contributed by atoms with Gasteiger partial charge in [0.1, 0.15) is 17.3 Å². The number of imidazole rings is 1. The monoisotopic (exact) mass is 496 g/mol. The summed E-state index contributed by atoms with van der Waals surface area (Å²) in [6, 6.07) is 13.8. The third-order valence-electron chi connectivity index (χ3n) is 5.14. The number of halogens is 1. The molecule has 8 nitrogen and oxygen atoms in total. The predicted molar refractivity (Wildman–Crippen MR) is 138 cm³/mol. The lowest BCUT2D eigenvalue weighted by Crippen LogP contribution is -2.34. The van der Waals surface area contributed by atoms with Crippen LogP contribution in [0.15, 0.2) is 48.5 Å². The highest BCUT2D eigenvalue weighted by molar-refractivity contribution is 7.20. The Morgan fingerprint density at radius 3 is 2.63 bits per heavy atom. The van der Waals surface area contributed by atoms with Crippen LogP contribution in [-0.2, 0) is 11.3 Å². The van der Waals surface area contributed by atoms with Crippen molar-refractivity contribution in [3.05, 3.63) is 59.9 Å². The standard InChI is InChI=1S/C25H29FN6O2S/c1-25(2,3)29-22-21(17-9-11-18(26)12-10-17)28-23-32(22)30-24(35-23)31(4)15-20(33)27-14-16-7-6-8-19(13-16)34-5/h6-13,29H,14-15H2,1-5H3,(H,27,33). The van der Waals surface area contributed by atoms with Gasteiger partial charge in [0.2, 0.25) is 16.0 Å². The molecule has 10 heteroatoms. The van der Waals surface area contributed by atoms with Crippen molar-refractivity contribution in [2.45, 2.75) is 32.9 Å². The Morgan fingerprint density at radius 2 is 1.94 bits per heavy atom. The van der Waals surface area contributed by atoms with Gasteiger partial charge in [-0.15, -0.1) is 5.10 Å². The highest BCUT2D eigenvalue weighted by atomic mass is 32.1. The third-order valence-corrected chi connectivity index (χ3v) is 6.16. The summed E-state index contributed by atoms with van der Waals surface area (Å²) in [4.78, 5) is 19.8. The Morgan fingerprint density at radius 1 is 1.20 bits per heavy atom. The van der Waals surface area contributed by atoms with E-state index >= 15 is 0 Å². The van der Waals surface area contributed by atoms with Gasteiger partial charge >= 0.3 is 0 Å². The molecule has 35 heavy (non-hydrogen) atoms. The van der Waals surface area contributed by atoms with Gasteiger partial charge in [-0.2, -0.15) is 4.52 Å². The molecule has 1 amide bonds. The maximum absolute atomic E-state index is 13.5. The zero-order chi connectivity index (χ0) is 25.2. The van der Waals surface area contributed by atoms with Crippen molar-refractivity contribution in [2.24, 2.45) is 0 Å². The molecule has 2 aromatic heterocycles. The summed E-state index contributed by atoms with van der Waals surface area (Å²) in [6.45, 7) is 6.70. The van der Waals surface area contributed by atoms with Crippen molar-refractivity contribution in [3.8, 4) is 17.0 Å².